The number of hydrogen-bond acceptors (Lipinski definition) is 6. The van der Waals surface area contributed by atoms with Gasteiger partial charge in [-0.15, -0.1) is 0 Å². The van der Waals surface area contributed by atoms with Crippen molar-refractivity contribution in [3.63, 3.8) is 0 Å². The Hall–Kier alpha value is -2.49. The first kappa shape index (κ1) is 24.2. The average molecular weight is 483 g/mol. The van der Waals surface area contributed by atoms with Gasteiger partial charge in [0.25, 0.3) is 5.91 Å². The molecule has 8 nitrogen and oxygen atoms in total. The second kappa shape index (κ2) is 10.4. The van der Waals surface area contributed by atoms with E-state index in [0.29, 0.717) is 24.6 Å². The van der Waals surface area contributed by atoms with Gasteiger partial charge in [0.05, 0.1) is 20.3 Å². The Labute approximate surface area is 193 Å². The first-order valence-electron chi connectivity index (χ1n) is 10.2. The third kappa shape index (κ3) is 5.46. The van der Waals surface area contributed by atoms with Crippen LogP contribution in [0.3, 0.4) is 0 Å². The van der Waals surface area contributed by atoms with Gasteiger partial charge in [-0.05, 0) is 55.7 Å². The Morgan fingerprint density at radius 3 is 2.38 bits per heavy atom. The zero-order valence-corrected chi connectivity index (χ0v) is 19.8. The van der Waals surface area contributed by atoms with E-state index in [4.69, 9.17) is 25.8 Å². The lowest BCUT2D eigenvalue weighted by molar-refractivity contribution is -0.123. The maximum absolute atomic E-state index is 13.0. The van der Waals surface area contributed by atoms with Crippen LogP contribution in [0.2, 0.25) is 5.02 Å². The van der Waals surface area contributed by atoms with Crippen molar-refractivity contribution >= 4 is 27.5 Å². The molecule has 0 bridgehead atoms. The number of nitrogens with zero attached hydrogens (tertiary/aromatic N) is 1. The molecule has 0 saturated carbocycles. The molecule has 2 aromatic rings. The molecule has 1 heterocycles. The number of methoxy groups -OCH3 is 2. The average Bonchev–Trinajstić information content (AvgIpc) is 3.33. The minimum absolute atomic E-state index is 0.0346. The molecule has 0 unspecified atom stereocenters. The van der Waals surface area contributed by atoms with E-state index in [0.717, 1.165) is 18.4 Å². The van der Waals surface area contributed by atoms with Gasteiger partial charge >= 0.3 is 0 Å². The summed E-state index contributed by atoms with van der Waals surface area (Å²) in [4.78, 5) is 12.4. The van der Waals surface area contributed by atoms with Crippen LogP contribution in [0, 0.1) is 0 Å². The van der Waals surface area contributed by atoms with Crippen LogP contribution in [0.5, 0.6) is 17.2 Å². The lowest BCUT2D eigenvalue weighted by Crippen LogP contribution is -2.32. The topological polar surface area (TPSA) is 94.2 Å². The third-order valence-electron chi connectivity index (χ3n) is 5.23. The lowest BCUT2D eigenvalue weighted by atomic mass is 10.1. The summed E-state index contributed by atoms with van der Waals surface area (Å²) in [6, 6.07) is 9.40. The van der Waals surface area contributed by atoms with Crippen LogP contribution in [0.25, 0.3) is 0 Å². The minimum Gasteiger partial charge on any atom is -0.493 e. The molecule has 174 valence electrons. The molecule has 0 spiro atoms. The van der Waals surface area contributed by atoms with Crippen molar-refractivity contribution < 1.29 is 27.4 Å². The van der Waals surface area contributed by atoms with E-state index in [1.807, 2.05) is 13.0 Å². The third-order valence-corrected chi connectivity index (χ3v) is 7.39. The maximum Gasteiger partial charge on any atom is 0.258 e. The number of amides is 1. The molecule has 1 atom stereocenters. The predicted octanol–water partition coefficient (Wildman–Crippen LogP) is 3.40. The number of sulfonamides is 1. The second-order valence-electron chi connectivity index (χ2n) is 7.39. The first-order valence-corrected chi connectivity index (χ1v) is 12.0. The fourth-order valence-electron chi connectivity index (χ4n) is 3.50. The Bertz CT molecular complexity index is 1070. The van der Waals surface area contributed by atoms with E-state index in [9.17, 15) is 13.2 Å². The number of rotatable bonds is 9. The van der Waals surface area contributed by atoms with Gasteiger partial charge in [-0.2, -0.15) is 4.31 Å². The van der Waals surface area contributed by atoms with Crippen LogP contribution >= 0.6 is 11.6 Å². The van der Waals surface area contributed by atoms with Gasteiger partial charge in [-0.1, -0.05) is 17.7 Å². The van der Waals surface area contributed by atoms with Crippen LogP contribution in [0.1, 0.15) is 31.4 Å². The molecule has 32 heavy (non-hydrogen) atoms. The molecule has 0 aromatic heterocycles. The summed E-state index contributed by atoms with van der Waals surface area (Å²) in [5.74, 6) is 0.842. The van der Waals surface area contributed by atoms with E-state index in [2.05, 4.69) is 5.32 Å². The van der Waals surface area contributed by atoms with E-state index in [1.54, 1.807) is 26.4 Å². The van der Waals surface area contributed by atoms with Crippen LogP contribution in [0.15, 0.2) is 41.3 Å². The van der Waals surface area contributed by atoms with Crippen LogP contribution in [-0.2, 0) is 14.8 Å². The van der Waals surface area contributed by atoms with Gasteiger partial charge in [0.2, 0.25) is 10.0 Å². The van der Waals surface area contributed by atoms with E-state index in [-0.39, 0.29) is 28.3 Å². The summed E-state index contributed by atoms with van der Waals surface area (Å²) in [5, 5.41) is 3.11. The number of hydrogen-bond donors (Lipinski definition) is 1. The maximum atomic E-state index is 13.0. The lowest BCUT2D eigenvalue weighted by Gasteiger charge is -2.19. The number of carbonyl (C=O) groups excluding carboxylic acids is 1. The molecule has 10 heteroatoms. The van der Waals surface area contributed by atoms with Crippen LogP contribution < -0.4 is 19.5 Å². The minimum atomic E-state index is -3.75. The van der Waals surface area contributed by atoms with Crippen LogP contribution in [-0.4, -0.2) is 52.5 Å². The second-order valence-corrected chi connectivity index (χ2v) is 9.74. The highest BCUT2D eigenvalue weighted by atomic mass is 35.5. The molecule has 1 fully saturated rings. The highest BCUT2D eigenvalue weighted by Gasteiger charge is 2.30. The van der Waals surface area contributed by atoms with Crippen molar-refractivity contribution in [3.8, 4) is 17.2 Å². The summed E-state index contributed by atoms with van der Waals surface area (Å²) in [6.45, 7) is 2.39. The highest BCUT2D eigenvalue weighted by Crippen LogP contribution is 2.32. The fraction of sp³-hybridized carbons (Fsp3) is 0.409. The SMILES string of the molecule is COc1ccc([C@@H](C)NC(=O)COc2ccc(Cl)cc2S(=O)(=O)N2CCCC2)cc1OC. The van der Waals surface area contributed by atoms with Gasteiger partial charge in [0, 0.05) is 18.1 Å². The Balaban J connectivity index is 1.69. The zero-order valence-electron chi connectivity index (χ0n) is 18.3. The van der Waals surface area contributed by atoms with Crippen molar-refractivity contribution in [3.05, 3.63) is 47.0 Å². The fourth-order valence-corrected chi connectivity index (χ4v) is 5.41. The molecule has 0 aliphatic carbocycles. The van der Waals surface area contributed by atoms with Crippen LogP contribution in [0.4, 0.5) is 0 Å². The molecular weight excluding hydrogens is 456 g/mol. The predicted molar refractivity (Wildman–Crippen MR) is 121 cm³/mol. The molecule has 1 aliphatic rings. The van der Waals surface area contributed by atoms with Gasteiger partial charge in [-0.3, -0.25) is 4.79 Å². The normalized spacial score (nSPS) is 15.2. The molecule has 1 aliphatic heterocycles. The molecule has 2 aromatic carbocycles. The van der Waals surface area contributed by atoms with Gasteiger partial charge < -0.3 is 19.5 Å². The molecule has 0 radical (unpaired) electrons. The van der Waals surface area contributed by atoms with Crippen molar-refractivity contribution in [2.45, 2.75) is 30.7 Å². The van der Waals surface area contributed by atoms with Gasteiger partial charge in [0.1, 0.15) is 10.6 Å². The van der Waals surface area contributed by atoms with E-state index >= 15 is 0 Å². The summed E-state index contributed by atoms with van der Waals surface area (Å²) in [5.41, 5.74) is 0.819. The largest absolute Gasteiger partial charge is 0.493 e. The number of nitrogens with one attached hydrogen (secondary N) is 1. The van der Waals surface area contributed by atoms with Gasteiger partial charge in [0.15, 0.2) is 18.1 Å². The molecule has 1 saturated heterocycles. The highest BCUT2D eigenvalue weighted by molar-refractivity contribution is 7.89. The molecule has 1 N–H and O–H groups in total. The molecule has 3 rings (SSSR count). The van der Waals surface area contributed by atoms with E-state index in [1.165, 1.54) is 22.5 Å². The summed E-state index contributed by atoms with van der Waals surface area (Å²) in [7, 11) is -0.663. The quantitative estimate of drug-likeness (QED) is 0.588. The summed E-state index contributed by atoms with van der Waals surface area (Å²) in [6.07, 6.45) is 1.62. The number of benzene rings is 2. The Morgan fingerprint density at radius 1 is 1.06 bits per heavy atom. The smallest absolute Gasteiger partial charge is 0.258 e. The van der Waals surface area contributed by atoms with Gasteiger partial charge in [-0.25, -0.2) is 8.42 Å². The number of ether oxygens (including phenoxy) is 3. The summed E-state index contributed by atoms with van der Waals surface area (Å²) >= 11 is 6.04. The number of carbonyl (C=O) groups is 1. The number of halogens is 1. The standard InChI is InChI=1S/C22H27ClN2O6S/c1-15(16-6-8-18(29-2)20(12-16)30-3)24-22(26)14-31-19-9-7-17(23)13-21(19)32(27,28)25-10-4-5-11-25/h6-9,12-13,15H,4-5,10-11,14H2,1-3H3,(H,24,26)/t15-/m1/s1. The molecule has 1 amide bonds. The van der Waals surface area contributed by atoms with Crippen molar-refractivity contribution in [1.82, 2.24) is 9.62 Å². The van der Waals surface area contributed by atoms with E-state index < -0.39 is 15.9 Å². The monoisotopic (exact) mass is 482 g/mol. The zero-order chi connectivity index (χ0) is 23.3. The first-order chi connectivity index (χ1) is 15.3. The Morgan fingerprint density at radius 2 is 1.72 bits per heavy atom. The summed E-state index contributed by atoms with van der Waals surface area (Å²) < 4.78 is 43.5. The Kier molecular flexibility index (Phi) is 7.86. The molecular formula is C22H27ClN2O6S. The van der Waals surface area contributed by atoms with Crippen molar-refractivity contribution in [2.24, 2.45) is 0 Å². The van der Waals surface area contributed by atoms with Crippen molar-refractivity contribution in [1.29, 1.82) is 0 Å². The van der Waals surface area contributed by atoms with Crippen molar-refractivity contribution in [2.75, 3.05) is 33.9 Å².